The molecule has 0 rings (SSSR count). The molecule has 6 heteroatoms. The zero-order chi connectivity index (χ0) is 18.2. The number of carboxylic acids is 2. The Labute approximate surface area is 172 Å². The highest BCUT2D eigenvalue weighted by Crippen LogP contribution is 2.20. The fraction of sp³-hybridized carbons (Fsp3) is 0.900. The summed E-state index contributed by atoms with van der Waals surface area (Å²) in [6.45, 7) is 3.98. The maximum Gasteiger partial charge on any atom is 0.306 e. The van der Waals surface area contributed by atoms with E-state index in [0.717, 1.165) is 38.5 Å². The molecule has 0 aromatic heterocycles. The molecule has 0 aliphatic heterocycles. The van der Waals surface area contributed by atoms with Crippen molar-refractivity contribution in [2.75, 3.05) is 0 Å². The molecule has 26 heavy (non-hydrogen) atoms. The highest BCUT2D eigenvalue weighted by molar-refractivity contribution is 5.85. The lowest BCUT2D eigenvalue weighted by atomic mass is 9.90. The van der Waals surface area contributed by atoms with Gasteiger partial charge in [-0.05, 0) is 18.8 Å². The largest absolute Gasteiger partial charge is 0.481 e. The van der Waals surface area contributed by atoms with Crippen LogP contribution in [-0.4, -0.2) is 22.2 Å². The Hall–Kier alpha value is -0.480. The van der Waals surface area contributed by atoms with Gasteiger partial charge in [0.05, 0.1) is 5.92 Å². The maximum absolute atomic E-state index is 11.1. The number of aliphatic carboxylic acids is 2. The van der Waals surface area contributed by atoms with Crippen LogP contribution in [0, 0.1) is 11.8 Å². The van der Waals surface area contributed by atoms with Crippen LogP contribution < -0.4 is 0 Å². The van der Waals surface area contributed by atoms with Gasteiger partial charge in [0.25, 0.3) is 0 Å². The quantitative estimate of drug-likeness (QED) is 0.258. The van der Waals surface area contributed by atoms with Crippen molar-refractivity contribution in [1.82, 2.24) is 0 Å². The van der Waals surface area contributed by atoms with E-state index in [1.54, 1.807) is 0 Å². The zero-order valence-corrected chi connectivity index (χ0v) is 18.2. The van der Waals surface area contributed by atoms with Crippen LogP contribution in [0.1, 0.15) is 104 Å². The van der Waals surface area contributed by atoms with Crippen LogP contribution in [0.4, 0.5) is 0 Å². The van der Waals surface area contributed by atoms with Crippen LogP contribution in [0.5, 0.6) is 0 Å². The third-order valence-electron chi connectivity index (χ3n) is 4.78. The standard InChI is InChI=1S/C20H38O4.2ClH/c1-17(2)18(20(23)24)15-13-11-9-7-5-3-4-6-8-10-12-14-16-19(21)22;;/h17-18H,3-16H2,1-2H3,(H,21,22)(H,23,24);2*1H. The van der Waals surface area contributed by atoms with Crippen molar-refractivity contribution in [1.29, 1.82) is 0 Å². The van der Waals surface area contributed by atoms with Gasteiger partial charge in [-0.15, -0.1) is 24.8 Å². The molecule has 0 radical (unpaired) electrons. The highest BCUT2D eigenvalue weighted by Gasteiger charge is 2.20. The molecule has 0 aliphatic rings. The first kappa shape index (κ1) is 30.3. The van der Waals surface area contributed by atoms with E-state index in [1.165, 1.54) is 44.9 Å². The normalized spacial score (nSPS) is 11.5. The van der Waals surface area contributed by atoms with Gasteiger partial charge >= 0.3 is 11.9 Å². The van der Waals surface area contributed by atoms with Gasteiger partial charge in [-0.1, -0.05) is 84.5 Å². The summed E-state index contributed by atoms with van der Waals surface area (Å²) in [4.78, 5) is 21.5. The number of rotatable bonds is 17. The van der Waals surface area contributed by atoms with Crippen LogP contribution in [0.3, 0.4) is 0 Å². The van der Waals surface area contributed by atoms with Gasteiger partial charge in [0, 0.05) is 6.42 Å². The second kappa shape index (κ2) is 20.8. The van der Waals surface area contributed by atoms with E-state index in [4.69, 9.17) is 10.2 Å². The van der Waals surface area contributed by atoms with Crippen molar-refractivity contribution in [2.24, 2.45) is 11.8 Å². The number of unbranched alkanes of at least 4 members (excludes halogenated alkanes) is 11. The van der Waals surface area contributed by atoms with E-state index < -0.39 is 11.9 Å². The summed E-state index contributed by atoms with van der Waals surface area (Å²) in [7, 11) is 0. The molecule has 1 atom stereocenters. The van der Waals surface area contributed by atoms with Crippen molar-refractivity contribution in [2.45, 2.75) is 104 Å². The molecule has 0 aromatic carbocycles. The predicted molar refractivity (Wildman–Crippen MR) is 113 cm³/mol. The second-order valence-corrected chi connectivity index (χ2v) is 7.36. The summed E-state index contributed by atoms with van der Waals surface area (Å²) < 4.78 is 0. The van der Waals surface area contributed by atoms with Gasteiger partial charge in [0.2, 0.25) is 0 Å². The summed E-state index contributed by atoms with van der Waals surface area (Å²) in [5.74, 6) is -1.28. The molecule has 0 heterocycles. The average Bonchev–Trinajstić information content (AvgIpc) is 2.50. The monoisotopic (exact) mass is 414 g/mol. The molecule has 0 bridgehead atoms. The first-order chi connectivity index (χ1) is 11.4. The van der Waals surface area contributed by atoms with Crippen molar-refractivity contribution in [3.05, 3.63) is 0 Å². The van der Waals surface area contributed by atoms with Crippen LogP contribution in [0.2, 0.25) is 0 Å². The Morgan fingerprint density at radius 3 is 1.31 bits per heavy atom. The van der Waals surface area contributed by atoms with Crippen molar-refractivity contribution in [3.8, 4) is 0 Å². The minimum Gasteiger partial charge on any atom is -0.481 e. The Bertz CT molecular complexity index is 336. The number of halogens is 2. The molecule has 1 unspecified atom stereocenters. The van der Waals surface area contributed by atoms with E-state index in [2.05, 4.69) is 0 Å². The third kappa shape index (κ3) is 19.8. The lowest BCUT2D eigenvalue weighted by molar-refractivity contribution is -0.143. The predicted octanol–water partition coefficient (Wildman–Crippen LogP) is 6.73. The van der Waals surface area contributed by atoms with E-state index in [1.807, 2.05) is 13.8 Å². The molecular formula is C20H40Cl2O4. The smallest absolute Gasteiger partial charge is 0.306 e. The summed E-state index contributed by atoms with van der Waals surface area (Å²) in [5.41, 5.74) is 0. The summed E-state index contributed by atoms with van der Waals surface area (Å²) in [6, 6.07) is 0. The van der Waals surface area contributed by atoms with Gasteiger partial charge in [-0.3, -0.25) is 9.59 Å². The molecule has 0 fully saturated rings. The van der Waals surface area contributed by atoms with Crippen LogP contribution in [0.25, 0.3) is 0 Å². The average molecular weight is 415 g/mol. The lowest BCUT2D eigenvalue weighted by Gasteiger charge is -2.15. The van der Waals surface area contributed by atoms with Crippen molar-refractivity contribution >= 4 is 36.8 Å². The molecule has 0 aliphatic carbocycles. The van der Waals surface area contributed by atoms with Gasteiger partial charge in [0.1, 0.15) is 0 Å². The van der Waals surface area contributed by atoms with Gasteiger partial charge in [-0.2, -0.15) is 0 Å². The fourth-order valence-electron chi connectivity index (χ4n) is 3.15. The maximum atomic E-state index is 11.1. The summed E-state index contributed by atoms with van der Waals surface area (Å²) in [6.07, 6.45) is 15.2. The van der Waals surface area contributed by atoms with E-state index in [9.17, 15) is 9.59 Å². The lowest BCUT2D eigenvalue weighted by Crippen LogP contribution is -2.19. The van der Waals surface area contributed by atoms with Crippen LogP contribution >= 0.6 is 24.8 Å². The molecule has 0 amide bonds. The number of hydrogen-bond acceptors (Lipinski definition) is 2. The molecule has 0 spiro atoms. The molecule has 0 aromatic rings. The topological polar surface area (TPSA) is 74.6 Å². The first-order valence-electron chi connectivity index (χ1n) is 9.89. The SMILES string of the molecule is CC(C)C(CCCCCCCCCCCCCCC(=O)O)C(=O)O.Cl.Cl. The second-order valence-electron chi connectivity index (χ2n) is 7.36. The van der Waals surface area contributed by atoms with E-state index in [-0.39, 0.29) is 36.6 Å². The van der Waals surface area contributed by atoms with Crippen molar-refractivity contribution < 1.29 is 19.8 Å². The molecular weight excluding hydrogens is 375 g/mol. The van der Waals surface area contributed by atoms with Crippen molar-refractivity contribution in [3.63, 3.8) is 0 Å². The Morgan fingerprint density at radius 1 is 0.654 bits per heavy atom. The highest BCUT2D eigenvalue weighted by atomic mass is 35.5. The minimum absolute atomic E-state index is 0. The Morgan fingerprint density at radius 2 is 1.00 bits per heavy atom. The number of carboxylic acid groups (broad SMARTS) is 2. The van der Waals surface area contributed by atoms with Gasteiger partial charge in [0.15, 0.2) is 0 Å². The third-order valence-corrected chi connectivity index (χ3v) is 4.78. The summed E-state index contributed by atoms with van der Waals surface area (Å²) >= 11 is 0. The van der Waals surface area contributed by atoms with E-state index in [0.29, 0.717) is 6.42 Å². The van der Waals surface area contributed by atoms with Gasteiger partial charge in [-0.25, -0.2) is 0 Å². The number of carbonyl (C=O) groups is 2. The molecule has 4 nitrogen and oxygen atoms in total. The van der Waals surface area contributed by atoms with Crippen LogP contribution in [0.15, 0.2) is 0 Å². The molecule has 158 valence electrons. The fourth-order valence-corrected chi connectivity index (χ4v) is 3.15. The number of hydrogen-bond donors (Lipinski definition) is 2. The van der Waals surface area contributed by atoms with Crippen LogP contribution in [-0.2, 0) is 9.59 Å². The minimum atomic E-state index is -0.683. The Kier molecular flexibility index (Phi) is 24.2. The summed E-state index contributed by atoms with van der Waals surface area (Å²) in [5, 5.41) is 17.7. The molecule has 0 saturated heterocycles. The van der Waals surface area contributed by atoms with E-state index >= 15 is 0 Å². The Balaban J connectivity index is -0.00000264. The van der Waals surface area contributed by atoms with Gasteiger partial charge < -0.3 is 10.2 Å². The molecule has 0 saturated carbocycles. The first-order valence-corrected chi connectivity index (χ1v) is 9.89. The zero-order valence-electron chi connectivity index (χ0n) is 16.6. The molecule has 2 N–H and O–H groups in total.